The molecule has 1 aliphatic heterocycles. The molecule has 0 N–H and O–H groups in total. The Hall–Kier alpha value is -0.900. The van der Waals surface area contributed by atoms with Gasteiger partial charge in [0.2, 0.25) is 11.8 Å². The maximum atomic E-state index is 11.2. The first-order valence-corrected chi connectivity index (χ1v) is 3.58. The average molecular weight is 156 g/mol. The minimum atomic E-state index is -0.148. The molecule has 0 saturated carbocycles. The van der Waals surface area contributed by atoms with Gasteiger partial charge in [-0.1, -0.05) is 6.92 Å². The first-order chi connectivity index (χ1) is 5.04. The summed E-state index contributed by atoms with van der Waals surface area (Å²) in [6.07, 6.45) is 0.344. The Morgan fingerprint density at radius 1 is 1.45 bits per heavy atom. The zero-order valence-electron chi connectivity index (χ0n) is 7.00. The molecule has 11 heavy (non-hydrogen) atoms. The Kier molecular flexibility index (Phi) is 1.95. The van der Waals surface area contributed by atoms with Crippen LogP contribution in [0.4, 0.5) is 0 Å². The van der Waals surface area contributed by atoms with Crippen molar-refractivity contribution in [1.82, 2.24) is 10.0 Å². The number of hydrazine groups is 1. The van der Waals surface area contributed by atoms with Gasteiger partial charge in [-0.3, -0.25) is 9.59 Å². The molecule has 1 saturated heterocycles. The van der Waals surface area contributed by atoms with Crippen molar-refractivity contribution in [2.75, 3.05) is 14.1 Å². The van der Waals surface area contributed by atoms with Crippen molar-refractivity contribution in [2.45, 2.75) is 13.3 Å². The van der Waals surface area contributed by atoms with Crippen molar-refractivity contribution >= 4 is 11.8 Å². The Morgan fingerprint density at radius 3 is 2.18 bits per heavy atom. The summed E-state index contributed by atoms with van der Waals surface area (Å²) in [5, 5.41) is 2.71. The van der Waals surface area contributed by atoms with E-state index >= 15 is 0 Å². The smallest absolute Gasteiger partial charge is 0.247 e. The van der Waals surface area contributed by atoms with Crippen LogP contribution in [0.15, 0.2) is 0 Å². The van der Waals surface area contributed by atoms with E-state index < -0.39 is 0 Å². The molecule has 0 aromatic heterocycles. The first kappa shape index (κ1) is 8.20. The monoisotopic (exact) mass is 156 g/mol. The molecule has 1 atom stereocenters. The highest BCUT2D eigenvalue weighted by atomic mass is 16.2. The van der Waals surface area contributed by atoms with Crippen LogP contribution in [-0.2, 0) is 9.59 Å². The van der Waals surface area contributed by atoms with Crippen molar-refractivity contribution in [1.29, 1.82) is 0 Å². The lowest BCUT2D eigenvalue weighted by Gasteiger charge is -2.21. The molecule has 0 aliphatic carbocycles. The maximum absolute atomic E-state index is 11.2. The average Bonchev–Trinajstić information content (AvgIpc) is 2.07. The molecule has 0 aromatic rings. The van der Waals surface area contributed by atoms with Gasteiger partial charge in [-0.15, -0.1) is 0 Å². The van der Waals surface area contributed by atoms with E-state index in [9.17, 15) is 9.59 Å². The predicted molar refractivity (Wildman–Crippen MR) is 39.3 cm³/mol. The minimum absolute atomic E-state index is 0.0972. The molecule has 1 heterocycles. The van der Waals surface area contributed by atoms with E-state index in [1.54, 1.807) is 21.0 Å². The molecule has 4 heteroatoms. The number of carbonyl (C=O) groups excluding carboxylic acids is 2. The summed E-state index contributed by atoms with van der Waals surface area (Å²) in [5.74, 6) is -0.350. The molecule has 0 spiro atoms. The number of hydrogen-bond acceptors (Lipinski definition) is 3. The molecule has 2 amide bonds. The summed E-state index contributed by atoms with van der Waals surface area (Å²) in [7, 11) is 3.38. The molecule has 1 fully saturated rings. The second-order valence-electron chi connectivity index (χ2n) is 3.00. The Labute approximate surface area is 65.7 Å². The summed E-state index contributed by atoms with van der Waals surface area (Å²) in [6, 6.07) is 0. The van der Waals surface area contributed by atoms with Gasteiger partial charge in [0.1, 0.15) is 0 Å². The van der Waals surface area contributed by atoms with Gasteiger partial charge >= 0.3 is 0 Å². The lowest BCUT2D eigenvalue weighted by molar-refractivity contribution is -0.153. The maximum Gasteiger partial charge on any atom is 0.247 e. The van der Waals surface area contributed by atoms with Crippen LogP contribution in [0.2, 0.25) is 0 Å². The van der Waals surface area contributed by atoms with Crippen LogP contribution in [-0.4, -0.2) is 35.9 Å². The lowest BCUT2D eigenvalue weighted by Crippen LogP contribution is -2.41. The van der Waals surface area contributed by atoms with Crippen LogP contribution in [0, 0.1) is 5.92 Å². The van der Waals surface area contributed by atoms with Gasteiger partial charge in [-0.25, -0.2) is 10.0 Å². The van der Waals surface area contributed by atoms with E-state index in [1.807, 2.05) is 0 Å². The van der Waals surface area contributed by atoms with Gasteiger partial charge in [0.15, 0.2) is 0 Å². The van der Waals surface area contributed by atoms with Gasteiger partial charge in [-0.05, 0) is 0 Å². The number of rotatable bonds is 1. The number of carbonyl (C=O) groups is 2. The van der Waals surface area contributed by atoms with Crippen LogP contribution >= 0.6 is 0 Å². The van der Waals surface area contributed by atoms with Gasteiger partial charge in [-0.2, -0.15) is 0 Å². The summed E-state index contributed by atoms with van der Waals surface area (Å²) in [5.41, 5.74) is 0. The van der Waals surface area contributed by atoms with E-state index in [2.05, 4.69) is 0 Å². The summed E-state index contributed by atoms with van der Waals surface area (Å²) < 4.78 is 0. The highest BCUT2D eigenvalue weighted by Crippen LogP contribution is 2.18. The fraction of sp³-hybridized carbons (Fsp3) is 0.714. The summed E-state index contributed by atoms with van der Waals surface area (Å²) in [4.78, 5) is 22.3. The number of hydrogen-bond donors (Lipinski definition) is 0. The molecule has 1 unspecified atom stereocenters. The second kappa shape index (κ2) is 2.62. The highest BCUT2D eigenvalue weighted by molar-refractivity contribution is 6.02. The normalized spacial score (nSPS) is 25.5. The van der Waals surface area contributed by atoms with E-state index in [0.717, 1.165) is 0 Å². The number of nitrogens with zero attached hydrogens (tertiary/aromatic N) is 2. The van der Waals surface area contributed by atoms with Crippen molar-refractivity contribution in [2.24, 2.45) is 5.92 Å². The molecular weight excluding hydrogens is 144 g/mol. The Balaban J connectivity index is 2.80. The van der Waals surface area contributed by atoms with Crippen molar-refractivity contribution in [3.05, 3.63) is 0 Å². The third kappa shape index (κ3) is 1.26. The molecule has 1 aliphatic rings. The quantitative estimate of drug-likeness (QED) is 0.496. The molecule has 0 radical (unpaired) electrons. The largest absolute Gasteiger partial charge is 0.273 e. The summed E-state index contributed by atoms with van der Waals surface area (Å²) in [6.45, 7) is 1.77. The zero-order valence-corrected chi connectivity index (χ0v) is 7.00. The van der Waals surface area contributed by atoms with Crippen molar-refractivity contribution in [3.63, 3.8) is 0 Å². The van der Waals surface area contributed by atoms with Crippen molar-refractivity contribution < 1.29 is 9.59 Å². The Morgan fingerprint density at radius 2 is 2.00 bits per heavy atom. The van der Waals surface area contributed by atoms with E-state index in [4.69, 9.17) is 0 Å². The van der Waals surface area contributed by atoms with E-state index in [-0.39, 0.29) is 17.7 Å². The highest BCUT2D eigenvalue weighted by Gasteiger charge is 2.36. The van der Waals surface area contributed by atoms with Crippen LogP contribution in [0.25, 0.3) is 0 Å². The van der Waals surface area contributed by atoms with Gasteiger partial charge in [0.25, 0.3) is 0 Å². The van der Waals surface area contributed by atoms with E-state index in [1.165, 1.54) is 10.0 Å². The molecule has 4 nitrogen and oxygen atoms in total. The molecule has 62 valence electrons. The predicted octanol–water partition coefficient (Wildman–Crippen LogP) is -0.142. The minimum Gasteiger partial charge on any atom is -0.273 e. The second-order valence-corrected chi connectivity index (χ2v) is 3.00. The first-order valence-electron chi connectivity index (χ1n) is 3.58. The zero-order chi connectivity index (χ0) is 8.59. The molecular formula is C7H12N2O2. The molecule has 0 aromatic carbocycles. The molecule has 1 rings (SSSR count). The van der Waals surface area contributed by atoms with Crippen LogP contribution in [0.1, 0.15) is 13.3 Å². The number of imide groups is 1. The fourth-order valence-corrected chi connectivity index (χ4v) is 1.19. The topological polar surface area (TPSA) is 40.6 Å². The van der Waals surface area contributed by atoms with Crippen molar-refractivity contribution in [3.8, 4) is 0 Å². The van der Waals surface area contributed by atoms with Crippen LogP contribution in [0.5, 0.6) is 0 Å². The Bertz CT molecular complexity index is 201. The lowest BCUT2D eigenvalue weighted by atomic mass is 10.1. The standard InChI is InChI=1S/C7H12N2O2/c1-5-4-6(10)9(7(5)11)8(2)3/h5H,4H2,1-3H3. The van der Waals surface area contributed by atoms with E-state index in [0.29, 0.717) is 6.42 Å². The third-order valence-corrected chi connectivity index (χ3v) is 1.75. The third-order valence-electron chi connectivity index (χ3n) is 1.75. The fourth-order valence-electron chi connectivity index (χ4n) is 1.19. The van der Waals surface area contributed by atoms with Gasteiger partial charge in [0, 0.05) is 26.4 Å². The van der Waals surface area contributed by atoms with Crippen LogP contribution < -0.4 is 0 Å². The molecule has 0 bridgehead atoms. The van der Waals surface area contributed by atoms with Gasteiger partial charge in [0.05, 0.1) is 0 Å². The van der Waals surface area contributed by atoms with Crippen LogP contribution in [0.3, 0.4) is 0 Å². The SMILES string of the molecule is CC1CC(=O)N(N(C)C)C1=O. The number of amides is 2. The van der Waals surface area contributed by atoms with Gasteiger partial charge < -0.3 is 0 Å². The summed E-state index contributed by atoms with van der Waals surface area (Å²) >= 11 is 0.